The molecule has 0 unspecified atom stereocenters. The van der Waals surface area contributed by atoms with Crippen molar-refractivity contribution in [2.24, 2.45) is 5.92 Å². The number of aliphatic hydroxyl groups is 1. The summed E-state index contributed by atoms with van der Waals surface area (Å²) >= 11 is 17.9. The molecule has 1 aromatic rings. The van der Waals surface area contributed by atoms with Crippen LogP contribution in [0.4, 0.5) is 5.82 Å². The lowest BCUT2D eigenvalue weighted by molar-refractivity contribution is 0.155. The second-order valence-corrected chi connectivity index (χ2v) is 6.51. The number of anilines is 1. The Balaban J connectivity index is 2.21. The second-order valence-electron chi connectivity index (χ2n) is 5.34. The van der Waals surface area contributed by atoms with Gasteiger partial charge in [0.05, 0.1) is 22.2 Å². The monoisotopic (exact) mass is 322 g/mol. The average molecular weight is 324 g/mol. The fraction of sp³-hybridized carbons (Fsp3) is 0.615. The van der Waals surface area contributed by atoms with Crippen LogP contribution >= 0.6 is 34.8 Å². The Kier molecular flexibility index (Phi) is 4.83. The molecule has 2 rings (SSSR count). The summed E-state index contributed by atoms with van der Waals surface area (Å²) in [6.45, 7) is 2.28. The van der Waals surface area contributed by atoms with Crippen molar-refractivity contribution >= 4 is 40.6 Å². The van der Waals surface area contributed by atoms with Crippen molar-refractivity contribution < 1.29 is 5.11 Å². The van der Waals surface area contributed by atoms with Gasteiger partial charge in [0.2, 0.25) is 0 Å². The predicted octanol–water partition coefficient (Wildman–Crippen LogP) is 4.39. The van der Waals surface area contributed by atoms with E-state index in [-0.39, 0.29) is 17.3 Å². The highest BCUT2D eigenvalue weighted by atomic mass is 35.5. The molecule has 0 atom stereocenters. The highest BCUT2D eigenvalue weighted by molar-refractivity contribution is 6.42. The Labute approximate surface area is 128 Å². The molecule has 6 heteroatoms. The van der Waals surface area contributed by atoms with E-state index in [1.807, 2.05) is 0 Å². The molecule has 1 fully saturated rings. The molecular formula is C13H17Cl3N2O. The molecule has 0 bridgehead atoms. The van der Waals surface area contributed by atoms with Gasteiger partial charge >= 0.3 is 0 Å². The van der Waals surface area contributed by atoms with Crippen LogP contribution in [0.15, 0.2) is 6.07 Å². The van der Waals surface area contributed by atoms with Gasteiger partial charge in [0.1, 0.15) is 11.0 Å². The summed E-state index contributed by atoms with van der Waals surface area (Å²) in [6.07, 6.45) is 3.94. The van der Waals surface area contributed by atoms with E-state index in [2.05, 4.69) is 17.2 Å². The van der Waals surface area contributed by atoms with Crippen LogP contribution in [0.1, 0.15) is 32.6 Å². The van der Waals surface area contributed by atoms with Crippen molar-refractivity contribution in [1.82, 2.24) is 4.98 Å². The highest BCUT2D eigenvalue weighted by Crippen LogP contribution is 2.37. The zero-order chi connectivity index (χ0) is 14.0. The van der Waals surface area contributed by atoms with E-state index in [9.17, 15) is 5.11 Å². The largest absolute Gasteiger partial charge is 0.394 e. The van der Waals surface area contributed by atoms with Crippen molar-refractivity contribution in [2.75, 3.05) is 11.9 Å². The maximum absolute atomic E-state index is 9.71. The van der Waals surface area contributed by atoms with Gasteiger partial charge in [-0.05, 0) is 37.7 Å². The van der Waals surface area contributed by atoms with Gasteiger partial charge in [-0.25, -0.2) is 4.98 Å². The molecule has 1 aliphatic carbocycles. The van der Waals surface area contributed by atoms with Crippen LogP contribution < -0.4 is 5.32 Å². The molecule has 0 saturated heterocycles. The maximum Gasteiger partial charge on any atom is 0.150 e. The number of aromatic nitrogens is 1. The molecule has 106 valence electrons. The molecule has 1 aromatic heterocycles. The molecule has 1 heterocycles. The van der Waals surface area contributed by atoms with E-state index in [1.54, 1.807) is 6.07 Å². The van der Waals surface area contributed by atoms with E-state index < -0.39 is 0 Å². The first kappa shape index (κ1) is 15.2. The highest BCUT2D eigenvalue weighted by Gasteiger charge is 2.34. The Morgan fingerprint density at radius 3 is 2.53 bits per heavy atom. The molecule has 19 heavy (non-hydrogen) atoms. The summed E-state index contributed by atoms with van der Waals surface area (Å²) in [5.41, 5.74) is -0.361. The molecule has 0 aliphatic heterocycles. The molecule has 1 aliphatic rings. The lowest BCUT2D eigenvalue weighted by Crippen LogP contribution is -2.45. The van der Waals surface area contributed by atoms with E-state index in [1.165, 1.54) is 0 Å². The Bertz CT molecular complexity index is 459. The molecular weight excluding hydrogens is 307 g/mol. The quantitative estimate of drug-likeness (QED) is 0.811. The van der Waals surface area contributed by atoms with Gasteiger partial charge in [0, 0.05) is 0 Å². The molecule has 0 aromatic carbocycles. The smallest absolute Gasteiger partial charge is 0.150 e. The molecule has 3 nitrogen and oxygen atoms in total. The van der Waals surface area contributed by atoms with Crippen LogP contribution in [0.25, 0.3) is 0 Å². The fourth-order valence-corrected chi connectivity index (χ4v) is 2.97. The summed E-state index contributed by atoms with van der Waals surface area (Å²) in [6, 6.07) is 1.57. The number of hydrogen-bond acceptors (Lipinski definition) is 3. The number of halogens is 3. The minimum atomic E-state index is -0.361. The molecule has 2 N–H and O–H groups in total. The van der Waals surface area contributed by atoms with Crippen LogP contribution in [0.3, 0.4) is 0 Å². The predicted molar refractivity (Wildman–Crippen MR) is 80.3 cm³/mol. The summed E-state index contributed by atoms with van der Waals surface area (Å²) in [5.74, 6) is 1.18. The fourth-order valence-electron chi connectivity index (χ4n) is 2.42. The van der Waals surface area contributed by atoms with Crippen LogP contribution in [0.2, 0.25) is 15.2 Å². The topological polar surface area (TPSA) is 45.1 Å². The first-order valence-electron chi connectivity index (χ1n) is 6.36. The number of aliphatic hydroxyl groups excluding tert-OH is 1. The summed E-state index contributed by atoms with van der Waals surface area (Å²) < 4.78 is 0. The lowest BCUT2D eigenvalue weighted by atomic mass is 9.77. The summed E-state index contributed by atoms with van der Waals surface area (Å²) in [7, 11) is 0. The number of pyridine rings is 1. The number of hydrogen-bond donors (Lipinski definition) is 2. The summed E-state index contributed by atoms with van der Waals surface area (Å²) in [4.78, 5) is 4.16. The minimum Gasteiger partial charge on any atom is -0.394 e. The Morgan fingerprint density at radius 2 is 1.95 bits per heavy atom. The Hall–Kier alpha value is -0.220. The van der Waals surface area contributed by atoms with Crippen molar-refractivity contribution in [3.8, 4) is 0 Å². The second kappa shape index (κ2) is 6.04. The third-order valence-electron chi connectivity index (χ3n) is 3.80. The van der Waals surface area contributed by atoms with Crippen molar-refractivity contribution in [1.29, 1.82) is 0 Å². The zero-order valence-electron chi connectivity index (χ0n) is 10.7. The van der Waals surface area contributed by atoms with Crippen LogP contribution in [0.5, 0.6) is 0 Å². The maximum atomic E-state index is 9.71. The van der Waals surface area contributed by atoms with Gasteiger partial charge in [-0.1, -0.05) is 41.7 Å². The minimum absolute atomic E-state index is 0.0535. The van der Waals surface area contributed by atoms with Gasteiger partial charge in [-0.3, -0.25) is 0 Å². The van der Waals surface area contributed by atoms with Gasteiger partial charge in [-0.15, -0.1) is 0 Å². The van der Waals surface area contributed by atoms with Crippen molar-refractivity contribution in [3.05, 3.63) is 21.3 Å². The molecule has 0 amide bonds. The van der Waals surface area contributed by atoms with Gasteiger partial charge in [-0.2, -0.15) is 0 Å². The van der Waals surface area contributed by atoms with Crippen LogP contribution in [0, 0.1) is 5.92 Å². The first-order chi connectivity index (χ1) is 8.96. The van der Waals surface area contributed by atoms with Gasteiger partial charge in [0.25, 0.3) is 0 Å². The Morgan fingerprint density at radius 1 is 1.32 bits per heavy atom. The number of nitrogens with one attached hydrogen (secondary N) is 1. The number of nitrogens with zero attached hydrogens (tertiary/aromatic N) is 1. The third kappa shape index (κ3) is 3.46. The molecule has 1 saturated carbocycles. The lowest BCUT2D eigenvalue weighted by Gasteiger charge is -2.39. The van der Waals surface area contributed by atoms with Crippen LogP contribution in [-0.4, -0.2) is 22.2 Å². The van der Waals surface area contributed by atoms with Crippen LogP contribution in [-0.2, 0) is 0 Å². The normalized spacial score (nSPS) is 27.3. The van der Waals surface area contributed by atoms with Gasteiger partial charge in [0.15, 0.2) is 0 Å². The van der Waals surface area contributed by atoms with E-state index in [0.29, 0.717) is 21.8 Å². The third-order valence-corrected chi connectivity index (χ3v) is 4.77. The van der Waals surface area contributed by atoms with Crippen molar-refractivity contribution in [3.63, 3.8) is 0 Å². The van der Waals surface area contributed by atoms with E-state index >= 15 is 0 Å². The average Bonchev–Trinajstić information content (AvgIpc) is 2.39. The molecule has 0 radical (unpaired) electrons. The SMILES string of the molecule is CC1CCC(CO)(Nc2nc(Cl)c(Cl)cc2Cl)CC1. The number of rotatable bonds is 3. The van der Waals surface area contributed by atoms with E-state index in [0.717, 1.165) is 25.7 Å². The summed E-state index contributed by atoms with van der Waals surface area (Å²) in [5, 5.41) is 13.9. The van der Waals surface area contributed by atoms with E-state index in [4.69, 9.17) is 34.8 Å². The van der Waals surface area contributed by atoms with Crippen molar-refractivity contribution in [2.45, 2.75) is 38.1 Å². The zero-order valence-corrected chi connectivity index (χ0v) is 13.0. The standard InChI is InChI=1S/C13H17Cl3N2O/c1-8-2-4-13(7-19,5-3-8)18-12-10(15)6-9(14)11(16)17-12/h6,8,19H,2-5,7H2,1H3,(H,17,18). The first-order valence-corrected chi connectivity index (χ1v) is 7.50. The van der Waals surface area contributed by atoms with Gasteiger partial charge < -0.3 is 10.4 Å². The molecule has 0 spiro atoms.